The van der Waals surface area contributed by atoms with Crippen LogP contribution in [0.15, 0.2) is 77.1 Å². The molecule has 1 aromatic heterocycles. The number of carbonyl (C=O) groups is 1. The van der Waals surface area contributed by atoms with Crippen molar-refractivity contribution in [3.05, 3.63) is 83.2 Å². The summed E-state index contributed by atoms with van der Waals surface area (Å²) in [6.45, 7) is 5.36. The Morgan fingerprint density at radius 1 is 1.16 bits per heavy atom. The maximum atomic E-state index is 13.4. The summed E-state index contributed by atoms with van der Waals surface area (Å²) >= 11 is 0. The van der Waals surface area contributed by atoms with Crippen LogP contribution in [0.5, 0.6) is 0 Å². The van der Waals surface area contributed by atoms with Crippen molar-refractivity contribution in [2.45, 2.75) is 4.90 Å². The van der Waals surface area contributed by atoms with Crippen molar-refractivity contribution in [1.82, 2.24) is 9.88 Å². The molecule has 1 fully saturated rings. The van der Waals surface area contributed by atoms with E-state index in [2.05, 4.69) is 11.6 Å². The Morgan fingerprint density at radius 2 is 1.88 bits per heavy atom. The van der Waals surface area contributed by atoms with Crippen LogP contribution in [-0.2, 0) is 14.8 Å². The number of ether oxygens (including phenoxy) is 1. The van der Waals surface area contributed by atoms with Gasteiger partial charge in [-0.15, -0.1) is 6.58 Å². The van der Waals surface area contributed by atoms with Gasteiger partial charge in [-0.25, -0.2) is 8.42 Å². The number of hydrogen-bond donors (Lipinski definition) is 1. The highest BCUT2D eigenvalue weighted by Gasteiger charge is 2.26. The van der Waals surface area contributed by atoms with Gasteiger partial charge in [0, 0.05) is 30.2 Å². The summed E-state index contributed by atoms with van der Waals surface area (Å²) in [5.41, 5.74) is 0.391. The average Bonchev–Trinajstić information content (AvgIpc) is 2.83. The first kappa shape index (κ1) is 21.8. The molecule has 1 saturated heterocycles. The number of anilines is 1. The topological polar surface area (TPSA) is 99.8 Å². The third kappa shape index (κ3) is 4.04. The van der Waals surface area contributed by atoms with Gasteiger partial charge in [-0.05, 0) is 30.3 Å². The maximum absolute atomic E-state index is 13.4. The molecule has 9 heteroatoms. The zero-order chi connectivity index (χ0) is 22.7. The molecule has 1 N–H and O–H groups in total. The molecule has 4 rings (SSSR count). The first-order valence-corrected chi connectivity index (χ1v) is 11.6. The number of H-pyrrole nitrogens is 1. The van der Waals surface area contributed by atoms with E-state index < -0.39 is 21.4 Å². The van der Waals surface area contributed by atoms with Gasteiger partial charge in [-0.1, -0.05) is 24.3 Å². The van der Waals surface area contributed by atoms with E-state index in [1.54, 1.807) is 35.2 Å². The van der Waals surface area contributed by atoms with E-state index in [0.29, 0.717) is 37.5 Å². The second kappa shape index (κ2) is 8.97. The Balaban J connectivity index is 1.78. The van der Waals surface area contributed by atoms with Gasteiger partial charge in [-0.3, -0.25) is 13.9 Å². The van der Waals surface area contributed by atoms with Gasteiger partial charge >= 0.3 is 0 Å². The number of fused-ring (bicyclic) bond motifs is 1. The molecule has 0 aliphatic carbocycles. The van der Waals surface area contributed by atoms with Crippen molar-refractivity contribution in [2.24, 2.45) is 0 Å². The SMILES string of the molecule is C=CCN(c1ccccc1)S(=O)(=O)c1ccc2[nH]cc(C(=O)N3CCOCC3)c(=O)c2c1. The molecule has 1 aliphatic rings. The molecule has 0 unspecified atom stereocenters. The number of hydrogen-bond acceptors (Lipinski definition) is 5. The fourth-order valence-corrected chi connectivity index (χ4v) is 5.10. The first-order valence-electron chi connectivity index (χ1n) is 10.1. The Morgan fingerprint density at radius 3 is 2.56 bits per heavy atom. The van der Waals surface area contributed by atoms with Gasteiger partial charge < -0.3 is 14.6 Å². The summed E-state index contributed by atoms with van der Waals surface area (Å²) in [6, 6.07) is 13.0. The quantitative estimate of drug-likeness (QED) is 0.578. The second-order valence-corrected chi connectivity index (χ2v) is 9.17. The van der Waals surface area contributed by atoms with Crippen molar-refractivity contribution in [1.29, 1.82) is 0 Å². The van der Waals surface area contributed by atoms with Crippen LogP contribution in [-0.4, -0.2) is 57.1 Å². The highest BCUT2D eigenvalue weighted by molar-refractivity contribution is 7.92. The van der Waals surface area contributed by atoms with Gasteiger partial charge in [0.2, 0.25) is 5.43 Å². The van der Waals surface area contributed by atoms with Crippen molar-refractivity contribution in [3.63, 3.8) is 0 Å². The van der Waals surface area contributed by atoms with Crippen LogP contribution < -0.4 is 9.73 Å². The predicted molar refractivity (Wildman–Crippen MR) is 122 cm³/mol. The van der Waals surface area contributed by atoms with Crippen molar-refractivity contribution in [2.75, 3.05) is 37.2 Å². The number of aromatic nitrogens is 1. The second-order valence-electron chi connectivity index (χ2n) is 7.30. The fraction of sp³-hybridized carbons (Fsp3) is 0.217. The molecule has 1 amide bonds. The van der Waals surface area contributed by atoms with Gasteiger partial charge in [0.25, 0.3) is 15.9 Å². The van der Waals surface area contributed by atoms with Crippen LogP contribution >= 0.6 is 0 Å². The molecule has 0 radical (unpaired) electrons. The molecule has 2 heterocycles. The minimum atomic E-state index is -3.98. The third-order valence-corrected chi connectivity index (χ3v) is 7.10. The van der Waals surface area contributed by atoms with E-state index in [1.807, 2.05) is 0 Å². The maximum Gasteiger partial charge on any atom is 0.264 e. The number of para-hydroxylation sites is 1. The van der Waals surface area contributed by atoms with Crippen molar-refractivity contribution in [3.8, 4) is 0 Å². The normalized spacial score (nSPS) is 14.3. The number of rotatable bonds is 6. The summed E-state index contributed by atoms with van der Waals surface area (Å²) < 4.78 is 33.3. The lowest BCUT2D eigenvalue weighted by Crippen LogP contribution is -2.42. The molecule has 1 aliphatic heterocycles. The Labute approximate surface area is 185 Å². The zero-order valence-electron chi connectivity index (χ0n) is 17.4. The average molecular weight is 454 g/mol. The Hall–Kier alpha value is -3.43. The molecule has 0 spiro atoms. The van der Waals surface area contributed by atoms with Gasteiger partial charge in [-0.2, -0.15) is 0 Å². The Kier molecular flexibility index (Phi) is 6.11. The molecule has 166 valence electrons. The first-order chi connectivity index (χ1) is 15.4. The number of morpholine rings is 1. The third-order valence-electron chi connectivity index (χ3n) is 5.31. The lowest BCUT2D eigenvalue weighted by molar-refractivity contribution is 0.0302. The molecule has 0 saturated carbocycles. The van der Waals surface area contributed by atoms with Crippen LogP contribution in [0, 0.1) is 0 Å². The zero-order valence-corrected chi connectivity index (χ0v) is 18.2. The summed E-state index contributed by atoms with van der Waals surface area (Å²) in [6.07, 6.45) is 2.88. The lowest BCUT2D eigenvalue weighted by atomic mass is 10.1. The molecule has 0 bridgehead atoms. The standard InChI is InChI=1S/C23H23N3O5S/c1-2-10-26(17-6-4-3-5-7-17)32(29,30)18-8-9-21-19(15-18)22(27)20(16-24-21)23(28)25-11-13-31-14-12-25/h2-9,15-16H,1,10-14H2,(H,24,27). The lowest BCUT2D eigenvalue weighted by Gasteiger charge is -2.26. The van der Waals surface area contributed by atoms with Crippen LogP contribution in [0.1, 0.15) is 10.4 Å². The summed E-state index contributed by atoms with van der Waals surface area (Å²) in [5, 5.41) is 0.136. The highest BCUT2D eigenvalue weighted by atomic mass is 32.2. The van der Waals surface area contributed by atoms with Gasteiger partial charge in [0.15, 0.2) is 0 Å². The molecule has 3 aromatic rings. The van der Waals surface area contributed by atoms with E-state index in [4.69, 9.17) is 4.74 Å². The minimum absolute atomic E-state index is 0.0278. The van der Waals surface area contributed by atoms with Crippen molar-refractivity contribution < 1.29 is 17.9 Å². The highest BCUT2D eigenvalue weighted by Crippen LogP contribution is 2.25. The number of sulfonamides is 1. The largest absolute Gasteiger partial charge is 0.378 e. The van der Waals surface area contributed by atoms with Crippen LogP contribution in [0.2, 0.25) is 0 Å². The minimum Gasteiger partial charge on any atom is -0.378 e. The smallest absolute Gasteiger partial charge is 0.264 e. The number of nitrogens with one attached hydrogen (secondary N) is 1. The van der Waals surface area contributed by atoms with E-state index in [0.717, 1.165) is 0 Å². The molecular formula is C23H23N3O5S. The van der Waals surface area contributed by atoms with E-state index in [9.17, 15) is 18.0 Å². The Bertz CT molecular complexity index is 1310. The molecule has 0 atom stereocenters. The summed E-state index contributed by atoms with van der Waals surface area (Å²) in [4.78, 5) is 30.4. The van der Waals surface area contributed by atoms with Crippen LogP contribution in [0.3, 0.4) is 0 Å². The van der Waals surface area contributed by atoms with Crippen LogP contribution in [0.25, 0.3) is 10.9 Å². The van der Waals surface area contributed by atoms with Gasteiger partial charge in [0.05, 0.1) is 30.3 Å². The molecule has 8 nitrogen and oxygen atoms in total. The summed E-state index contributed by atoms with van der Waals surface area (Å²) in [7, 11) is -3.98. The van der Waals surface area contributed by atoms with E-state index in [1.165, 1.54) is 34.8 Å². The van der Waals surface area contributed by atoms with E-state index >= 15 is 0 Å². The number of amides is 1. The number of carbonyl (C=O) groups excluding carboxylic acids is 1. The number of aromatic amines is 1. The number of nitrogens with zero attached hydrogens (tertiary/aromatic N) is 2. The van der Waals surface area contributed by atoms with Gasteiger partial charge in [0.1, 0.15) is 5.56 Å². The van der Waals surface area contributed by atoms with Crippen molar-refractivity contribution >= 4 is 32.5 Å². The number of benzene rings is 2. The number of pyridine rings is 1. The molecule has 32 heavy (non-hydrogen) atoms. The summed E-state index contributed by atoms with van der Waals surface area (Å²) in [5.74, 6) is -0.401. The molecular weight excluding hydrogens is 430 g/mol. The molecule has 2 aromatic carbocycles. The van der Waals surface area contributed by atoms with E-state index in [-0.39, 0.29) is 22.4 Å². The fourth-order valence-electron chi connectivity index (χ4n) is 3.63. The van der Waals surface area contributed by atoms with Crippen LogP contribution in [0.4, 0.5) is 5.69 Å². The monoisotopic (exact) mass is 453 g/mol. The predicted octanol–water partition coefficient (Wildman–Crippen LogP) is 2.38.